The van der Waals surface area contributed by atoms with Crippen molar-refractivity contribution in [3.8, 4) is 17.4 Å². The van der Waals surface area contributed by atoms with Crippen LogP contribution in [0.15, 0.2) is 66.9 Å². The van der Waals surface area contributed by atoms with Crippen LogP contribution in [0.5, 0.6) is 11.6 Å². The van der Waals surface area contributed by atoms with E-state index in [1.807, 2.05) is 51.2 Å². The summed E-state index contributed by atoms with van der Waals surface area (Å²) in [5, 5.41) is 15.4. The molecule has 1 amide bonds. The van der Waals surface area contributed by atoms with Gasteiger partial charge in [0.15, 0.2) is 5.82 Å². The highest BCUT2D eigenvalue weighted by molar-refractivity contribution is 6.04. The van der Waals surface area contributed by atoms with Crippen LogP contribution in [0, 0.1) is 20.8 Å². The normalized spacial score (nSPS) is 10.6. The molecule has 1 N–H and O–H groups in total. The van der Waals surface area contributed by atoms with E-state index >= 15 is 0 Å². The Balaban J connectivity index is 1.40. The third-order valence-electron chi connectivity index (χ3n) is 4.40. The van der Waals surface area contributed by atoms with Crippen LogP contribution in [0.3, 0.4) is 0 Å². The first-order valence-corrected chi connectivity index (χ1v) is 9.50. The van der Waals surface area contributed by atoms with Gasteiger partial charge in [-0.2, -0.15) is 5.10 Å². The summed E-state index contributed by atoms with van der Waals surface area (Å²) < 4.78 is 7.39. The Hall–Kier alpha value is -4.00. The number of nitrogens with one attached hydrogen (secondary N) is 1. The molecular formula is C23H21N5O2. The van der Waals surface area contributed by atoms with Gasteiger partial charge in [0.1, 0.15) is 5.75 Å². The van der Waals surface area contributed by atoms with Gasteiger partial charge in [-0.15, -0.1) is 10.2 Å². The Bertz CT molecular complexity index is 1160. The van der Waals surface area contributed by atoms with Crippen molar-refractivity contribution in [3.05, 3.63) is 89.2 Å². The fourth-order valence-corrected chi connectivity index (χ4v) is 3.07. The molecule has 0 bridgehead atoms. The number of ether oxygens (including phenoxy) is 1. The summed E-state index contributed by atoms with van der Waals surface area (Å²) in [6.07, 6.45) is 1.82. The number of nitrogens with zero attached hydrogens (tertiary/aromatic N) is 4. The molecule has 0 aliphatic carbocycles. The quantitative estimate of drug-likeness (QED) is 0.529. The van der Waals surface area contributed by atoms with Gasteiger partial charge in [-0.05, 0) is 69.3 Å². The van der Waals surface area contributed by atoms with Gasteiger partial charge in [-0.25, -0.2) is 4.68 Å². The number of anilines is 1. The zero-order valence-corrected chi connectivity index (χ0v) is 17.0. The van der Waals surface area contributed by atoms with Crippen LogP contribution in [0.1, 0.15) is 27.2 Å². The Morgan fingerprint density at radius 2 is 1.63 bits per heavy atom. The lowest BCUT2D eigenvalue weighted by atomic mass is 10.1. The largest absolute Gasteiger partial charge is 0.438 e. The van der Waals surface area contributed by atoms with Gasteiger partial charge < -0.3 is 10.1 Å². The van der Waals surface area contributed by atoms with Crippen LogP contribution >= 0.6 is 0 Å². The average molecular weight is 399 g/mol. The zero-order chi connectivity index (χ0) is 21.1. The predicted molar refractivity (Wildman–Crippen MR) is 114 cm³/mol. The minimum atomic E-state index is -0.147. The minimum Gasteiger partial charge on any atom is -0.438 e. The van der Waals surface area contributed by atoms with Gasteiger partial charge in [-0.3, -0.25) is 4.79 Å². The molecule has 2 aromatic heterocycles. The number of aromatic nitrogens is 4. The van der Waals surface area contributed by atoms with Crippen LogP contribution in [-0.4, -0.2) is 25.9 Å². The van der Waals surface area contributed by atoms with Crippen molar-refractivity contribution in [3.63, 3.8) is 0 Å². The third-order valence-corrected chi connectivity index (χ3v) is 4.40. The van der Waals surface area contributed by atoms with Gasteiger partial charge in [0.2, 0.25) is 5.88 Å². The molecule has 0 atom stereocenters. The molecule has 0 saturated heterocycles. The molecule has 2 aromatic carbocycles. The van der Waals surface area contributed by atoms with E-state index < -0.39 is 0 Å². The first-order valence-electron chi connectivity index (χ1n) is 9.50. The fourth-order valence-electron chi connectivity index (χ4n) is 3.07. The molecule has 30 heavy (non-hydrogen) atoms. The molecule has 0 spiro atoms. The summed E-state index contributed by atoms with van der Waals surface area (Å²) in [6, 6.07) is 18.3. The van der Waals surface area contributed by atoms with E-state index in [4.69, 9.17) is 4.74 Å². The Kier molecular flexibility index (Phi) is 5.26. The average Bonchev–Trinajstić information content (AvgIpc) is 3.15. The lowest BCUT2D eigenvalue weighted by molar-refractivity contribution is 0.102. The Morgan fingerprint density at radius 3 is 2.23 bits per heavy atom. The van der Waals surface area contributed by atoms with Gasteiger partial charge in [0, 0.05) is 23.5 Å². The lowest BCUT2D eigenvalue weighted by Crippen LogP contribution is -2.12. The highest BCUT2D eigenvalue weighted by Crippen LogP contribution is 2.22. The predicted octanol–water partition coefficient (Wildman–Crippen LogP) is 4.63. The molecule has 0 saturated carbocycles. The maximum atomic E-state index is 12.5. The molecule has 0 aliphatic rings. The maximum absolute atomic E-state index is 12.5. The molecule has 7 heteroatoms. The topological polar surface area (TPSA) is 81.9 Å². The van der Waals surface area contributed by atoms with Crippen molar-refractivity contribution in [2.24, 2.45) is 0 Å². The van der Waals surface area contributed by atoms with E-state index in [1.54, 1.807) is 41.1 Å². The van der Waals surface area contributed by atoms with Crippen molar-refractivity contribution >= 4 is 11.6 Å². The van der Waals surface area contributed by atoms with E-state index in [0.717, 1.165) is 16.8 Å². The number of aryl methyl sites for hydroxylation is 3. The van der Waals surface area contributed by atoms with E-state index in [-0.39, 0.29) is 5.91 Å². The lowest BCUT2D eigenvalue weighted by Gasteiger charge is -2.09. The first kappa shape index (κ1) is 19.3. The van der Waals surface area contributed by atoms with Crippen LogP contribution < -0.4 is 10.1 Å². The van der Waals surface area contributed by atoms with Crippen LogP contribution in [0.2, 0.25) is 0 Å². The summed E-state index contributed by atoms with van der Waals surface area (Å²) in [4.78, 5) is 12.5. The second-order valence-corrected chi connectivity index (χ2v) is 7.09. The van der Waals surface area contributed by atoms with Crippen molar-refractivity contribution in [1.82, 2.24) is 20.0 Å². The molecule has 0 unspecified atom stereocenters. The standard InChI is InChI=1S/C23H21N5O2/c1-15-12-16(2)14-18(13-15)23(29)24-19-4-6-20(7-5-19)30-22-9-8-21(25-26-22)28-11-10-17(3)27-28/h4-14H,1-3H3,(H,24,29). The van der Waals surface area contributed by atoms with E-state index in [9.17, 15) is 4.79 Å². The zero-order valence-electron chi connectivity index (χ0n) is 17.0. The van der Waals surface area contributed by atoms with Gasteiger partial charge in [0.05, 0.1) is 5.69 Å². The minimum absolute atomic E-state index is 0.147. The summed E-state index contributed by atoms with van der Waals surface area (Å²) in [5.41, 5.74) is 4.33. The van der Waals surface area contributed by atoms with E-state index in [0.29, 0.717) is 28.7 Å². The number of carbonyl (C=O) groups is 1. The molecular weight excluding hydrogens is 378 g/mol. The summed E-state index contributed by atoms with van der Waals surface area (Å²) >= 11 is 0. The van der Waals surface area contributed by atoms with Crippen LogP contribution in [0.25, 0.3) is 5.82 Å². The number of hydrogen-bond acceptors (Lipinski definition) is 5. The monoisotopic (exact) mass is 399 g/mol. The summed E-state index contributed by atoms with van der Waals surface area (Å²) in [6.45, 7) is 5.86. The third kappa shape index (κ3) is 4.52. The number of hydrogen-bond donors (Lipinski definition) is 1. The SMILES string of the molecule is Cc1cc(C)cc(C(=O)Nc2ccc(Oc3ccc(-n4ccc(C)n4)nn3)cc2)c1. The smallest absolute Gasteiger partial charge is 0.255 e. The molecule has 0 fully saturated rings. The molecule has 0 aliphatic heterocycles. The highest BCUT2D eigenvalue weighted by Gasteiger charge is 2.08. The fraction of sp³-hybridized carbons (Fsp3) is 0.130. The second kappa shape index (κ2) is 8.16. The molecule has 4 aromatic rings. The molecule has 4 rings (SSSR count). The van der Waals surface area contributed by atoms with Crippen LogP contribution in [0.4, 0.5) is 5.69 Å². The van der Waals surface area contributed by atoms with Crippen LogP contribution in [-0.2, 0) is 0 Å². The molecule has 150 valence electrons. The summed E-state index contributed by atoms with van der Waals surface area (Å²) in [5.74, 6) is 1.43. The number of amides is 1. The molecule has 7 nitrogen and oxygen atoms in total. The van der Waals surface area contributed by atoms with Gasteiger partial charge >= 0.3 is 0 Å². The van der Waals surface area contributed by atoms with E-state index in [2.05, 4.69) is 20.6 Å². The van der Waals surface area contributed by atoms with Gasteiger partial charge in [-0.1, -0.05) is 17.2 Å². The molecule has 0 radical (unpaired) electrons. The summed E-state index contributed by atoms with van der Waals surface area (Å²) in [7, 11) is 0. The number of rotatable bonds is 5. The Labute approximate surface area is 174 Å². The van der Waals surface area contributed by atoms with E-state index in [1.165, 1.54) is 0 Å². The second-order valence-electron chi connectivity index (χ2n) is 7.09. The van der Waals surface area contributed by atoms with Crippen molar-refractivity contribution < 1.29 is 9.53 Å². The first-order chi connectivity index (χ1) is 14.5. The van der Waals surface area contributed by atoms with Crippen molar-refractivity contribution in [2.75, 3.05) is 5.32 Å². The maximum Gasteiger partial charge on any atom is 0.255 e. The number of benzene rings is 2. The highest BCUT2D eigenvalue weighted by atomic mass is 16.5. The Morgan fingerprint density at radius 1 is 0.900 bits per heavy atom. The van der Waals surface area contributed by atoms with Crippen molar-refractivity contribution in [1.29, 1.82) is 0 Å². The van der Waals surface area contributed by atoms with Crippen molar-refractivity contribution in [2.45, 2.75) is 20.8 Å². The van der Waals surface area contributed by atoms with Gasteiger partial charge in [0.25, 0.3) is 5.91 Å². The molecule has 2 heterocycles. The number of carbonyl (C=O) groups excluding carboxylic acids is 1.